The van der Waals surface area contributed by atoms with Gasteiger partial charge >= 0.3 is 0 Å². The minimum Gasteiger partial charge on any atom is -0.356 e. The van der Waals surface area contributed by atoms with Gasteiger partial charge in [0, 0.05) is 25.9 Å². The zero-order valence-corrected chi connectivity index (χ0v) is 12.7. The summed E-state index contributed by atoms with van der Waals surface area (Å²) < 4.78 is 2.16. The third kappa shape index (κ3) is 3.00. The molecule has 0 aliphatic carbocycles. The van der Waals surface area contributed by atoms with Crippen molar-refractivity contribution in [3.05, 3.63) is 29.6 Å². The normalized spacial score (nSPS) is 11.2. The molecule has 2 aromatic rings. The molecule has 0 aliphatic rings. The van der Waals surface area contributed by atoms with Crippen LogP contribution in [0.4, 0.5) is 0 Å². The van der Waals surface area contributed by atoms with Crippen molar-refractivity contribution in [3.63, 3.8) is 0 Å². The van der Waals surface area contributed by atoms with Crippen molar-refractivity contribution in [1.29, 1.82) is 0 Å². The van der Waals surface area contributed by atoms with Crippen molar-refractivity contribution in [2.75, 3.05) is 6.54 Å². The summed E-state index contributed by atoms with van der Waals surface area (Å²) in [5.74, 6) is 1.63. The first kappa shape index (κ1) is 14.6. The van der Waals surface area contributed by atoms with Crippen LogP contribution in [0.5, 0.6) is 0 Å². The molecule has 0 bridgehead atoms. The van der Waals surface area contributed by atoms with Crippen LogP contribution in [-0.2, 0) is 18.3 Å². The molecule has 4 heteroatoms. The lowest BCUT2D eigenvalue weighted by Gasteiger charge is -2.05. The maximum Gasteiger partial charge on any atom is 0.219 e. The van der Waals surface area contributed by atoms with E-state index in [0.717, 1.165) is 23.3 Å². The van der Waals surface area contributed by atoms with E-state index in [4.69, 9.17) is 4.98 Å². The Kier molecular flexibility index (Phi) is 4.42. The number of aryl methyl sites for hydroxylation is 1. The lowest BCUT2D eigenvalue weighted by Crippen LogP contribution is -2.24. The van der Waals surface area contributed by atoms with Gasteiger partial charge in [-0.3, -0.25) is 4.79 Å². The Hall–Kier alpha value is -1.84. The molecular weight excluding hydrogens is 250 g/mol. The van der Waals surface area contributed by atoms with E-state index in [1.54, 1.807) is 0 Å². The van der Waals surface area contributed by atoms with Crippen LogP contribution >= 0.6 is 0 Å². The highest BCUT2D eigenvalue weighted by Crippen LogP contribution is 2.21. The molecule has 0 spiro atoms. The predicted molar refractivity (Wildman–Crippen MR) is 81.8 cm³/mol. The number of aromatic nitrogens is 2. The van der Waals surface area contributed by atoms with Gasteiger partial charge in [0.2, 0.25) is 5.91 Å². The molecule has 1 aromatic heterocycles. The topological polar surface area (TPSA) is 46.9 Å². The number of benzene rings is 1. The molecule has 2 rings (SSSR count). The highest BCUT2D eigenvalue weighted by Gasteiger charge is 2.11. The summed E-state index contributed by atoms with van der Waals surface area (Å²) in [6, 6.07) is 6.36. The van der Waals surface area contributed by atoms with Crippen molar-refractivity contribution < 1.29 is 4.79 Å². The summed E-state index contributed by atoms with van der Waals surface area (Å²) in [7, 11) is 2.06. The van der Waals surface area contributed by atoms with E-state index in [-0.39, 0.29) is 5.91 Å². The van der Waals surface area contributed by atoms with Gasteiger partial charge in [0.05, 0.1) is 11.0 Å². The average Bonchev–Trinajstić information content (AvgIpc) is 2.75. The van der Waals surface area contributed by atoms with Gasteiger partial charge in [0.25, 0.3) is 0 Å². The molecule has 4 nitrogen and oxygen atoms in total. The summed E-state index contributed by atoms with van der Waals surface area (Å²) in [5, 5.41) is 2.90. The van der Waals surface area contributed by atoms with Crippen molar-refractivity contribution in [3.8, 4) is 0 Å². The van der Waals surface area contributed by atoms with Crippen LogP contribution < -0.4 is 5.32 Å². The second-order valence-electron chi connectivity index (χ2n) is 5.46. The van der Waals surface area contributed by atoms with Crippen LogP contribution in [0.2, 0.25) is 0 Å². The van der Waals surface area contributed by atoms with E-state index in [9.17, 15) is 4.79 Å². The number of hydrogen-bond acceptors (Lipinski definition) is 2. The van der Waals surface area contributed by atoms with E-state index in [1.165, 1.54) is 5.56 Å². The van der Waals surface area contributed by atoms with Gasteiger partial charge in [0.1, 0.15) is 5.82 Å². The van der Waals surface area contributed by atoms with Gasteiger partial charge in [-0.1, -0.05) is 26.8 Å². The number of nitrogens with zero attached hydrogens (tertiary/aromatic N) is 2. The van der Waals surface area contributed by atoms with Gasteiger partial charge in [0.15, 0.2) is 0 Å². The second kappa shape index (κ2) is 6.07. The molecule has 1 N–H and O–H groups in total. The molecule has 0 saturated carbocycles. The first-order valence-electron chi connectivity index (χ1n) is 7.24. The number of carbonyl (C=O) groups is 1. The Balaban J connectivity index is 2.15. The zero-order valence-electron chi connectivity index (χ0n) is 12.7. The van der Waals surface area contributed by atoms with E-state index in [1.807, 2.05) is 6.92 Å². The minimum absolute atomic E-state index is 0.103. The van der Waals surface area contributed by atoms with Gasteiger partial charge in [-0.05, 0) is 24.1 Å². The van der Waals surface area contributed by atoms with Crippen LogP contribution in [0.15, 0.2) is 18.2 Å². The first-order valence-corrected chi connectivity index (χ1v) is 7.24. The summed E-state index contributed by atoms with van der Waals surface area (Å²) >= 11 is 0. The molecule has 1 heterocycles. The Morgan fingerprint density at radius 2 is 2.15 bits per heavy atom. The fraction of sp³-hybridized carbons (Fsp3) is 0.500. The van der Waals surface area contributed by atoms with E-state index in [0.29, 0.717) is 18.9 Å². The molecule has 0 fully saturated rings. The highest BCUT2D eigenvalue weighted by atomic mass is 16.1. The van der Waals surface area contributed by atoms with Crippen LogP contribution in [0.1, 0.15) is 44.5 Å². The number of nitrogens with one attached hydrogen (secondary N) is 1. The number of amides is 1. The number of rotatable bonds is 5. The number of imidazole rings is 1. The van der Waals surface area contributed by atoms with Crippen LogP contribution in [-0.4, -0.2) is 22.0 Å². The number of hydrogen-bond donors (Lipinski definition) is 1. The average molecular weight is 273 g/mol. The van der Waals surface area contributed by atoms with Crippen molar-refractivity contribution >= 4 is 16.9 Å². The highest BCUT2D eigenvalue weighted by molar-refractivity contribution is 5.77. The smallest absolute Gasteiger partial charge is 0.219 e. The third-order valence-electron chi connectivity index (χ3n) is 3.55. The van der Waals surface area contributed by atoms with Gasteiger partial charge in [-0.15, -0.1) is 0 Å². The first-order chi connectivity index (χ1) is 9.52. The Labute approximate surface area is 120 Å². The number of carbonyl (C=O) groups excluding carboxylic acids is 1. The quantitative estimate of drug-likeness (QED) is 0.910. The molecule has 1 amide bonds. The summed E-state index contributed by atoms with van der Waals surface area (Å²) in [5.41, 5.74) is 3.41. The summed E-state index contributed by atoms with van der Waals surface area (Å²) in [6.07, 6.45) is 1.38. The molecule has 0 atom stereocenters. The van der Waals surface area contributed by atoms with E-state index in [2.05, 4.69) is 49.0 Å². The molecular formula is C16H23N3O. The van der Waals surface area contributed by atoms with Crippen LogP contribution in [0.25, 0.3) is 11.0 Å². The van der Waals surface area contributed by atoms with Crippen LogP contribution in [0.3, 0.4) is 0 Å². The SMILES string of the molecule is CCC(=O)NCCc1ccc2c(c1)nc(C(C)C)n2C. The summed E-state index contributed by atoms with van der Waals surface area (Å²) in [4.78, 5) is 15.9. The standard InChI is InChI=1S/C16H23N3O/c1-5-15(20)17-9-8-12-6-7-14-13(10-12)18-16(11(2)3)19(14)4/h6-7,10-11H,5,8-9H2,1-4H3,(H,17,20). The van der Waals surface area contributed by atoms with Crippen molar-refractivity contribution in [2.45, 2.75) is 39.5 Å². The van der Waals surface area contributed by atoms with Crippen molar-refractivity contribution in [1.82, 2.24) is 14.9 Å². The Bertz CT molecular complexity index is 613. The number of fused-ring (bicyclic) bond motifs is 1. The Morgan fingerprint density at radius 1 is 1.40 bits per heavy atom. The predicted octanol–water partition coefficient (Wildman–Crippen LogP) is 2.77. The molecule has 0 radical (unpaired) electrons. The zero-order chi connectivity index (χ0) is 14.7. The molecule has 1 aromatic carbocycles. The Morgan fingerprint density at radius 3 is 2.80 bits per heavy atom. The lowest BCUT2D eigenvalue weighted by atomic mass is 10.1. The minimum atomic E-state index is 0.103. The molecule has 0 aliphatic heterocycles. The summed E-state index contributed by atoms with van der Waals surface area (Å²) in [6.45, 7) is 6.86. The lowest BCUT2D eigenvalue weighted by molar-refractivity contribution is -0.120. The maximum absolute atomic E-state index is 11.2. The van der Waals surface area contributed by atoms with Crippen molar-refractivity contribution in [2.24, 2.45) is 7.05 Å². The fourth-order valence-electron chi connectivity index (χ4n) is 2.41. The fourth-order valence-corrected chi connectivity index (χ4v) is 2.41. The molecule has 0 unspecified atom stereocenters. The molecule has 0 saturated heterocycles. The van der Waals surface area contributed by atoms with E-state index >= 15 is 0 Å². The van der Waals surface area contributed by atoms with Gasteiger partial charge in [-0.25, -0.2) is 4.98 Å². The monoisotopic (exact) mass is 273 g/mol. The van der Waals surface area contributed by atoms with Gasteiger partial charge in [-0.2, -0.15) is 0 Å². The largest absolute Gasteiger partial charge is 0.356 e. The maximum atomic E-state index is 11.2. The second-order valence-corrected chi connectivity index (χ2v) is 5.46. The molecule has 20 heavy (non-hydrogen) atoms. The third-order valence-corrected chi connectivity index (χ3v) is 3.55. The van der Waals surface area contributed by atoms with E-state index < -0.39 is 0 Å². The van der Waals surface area contributed by atoms with Gasteiger partial charge < -0.3 is 9.88 Å². The van der Waals surface area contributed by atoms with Crippen LogP contribution in [0, 0.1) is 0 Å². The molecule has 108 valence electrons.